The number of rotatable bonds is 5. The third kappa shape index (κ3) is 4.00. The van der Waals surface area contributed by atoms with Gasteiger partial charge < -0.3 is 11.1 Å². The zero-order valence-corrected chi connectivity index (χ0v) is 12.3. The predicted molar refractivity (Wildman–Crippen MR) is 76.9 cm³/mol. The summed E-state index contributed by atoms with van der Waals surface area (Å²) in [5, 5.41) is 13.3. The van der Waals surface area contributed by atoms with E-state index in [2.05, 4.69) is 21.2 Å². The Morgan fingerprint density at radius 2 is 2.21 bits per heavy atom. The number of benzene rings is 1. The van der Waals surface area contributed by atoms with Crippen LogP contribution in [0.1, 0.15) is 20.3 Å². The molecule has 7 heteroatoms. The lowest BCUT2D eigenvalue weighted by Crippen LogP contribution is -2.40. The number of carbonyl (C=O) groups is 1. The van der Waals surface area contributed by atoms with Gasteiger partial charge in [-0.25, -0.2) is 0 Å². The number of carbonyl (C=O) groups excluding carboxylic acids is 1. The van der Waals surface area contributed by atoms with Crippen LogP contribution in [0.5, 0.6) is 0 Å². The highest BCUT2D eigenvalue weighted by molar-refractivity contribution is 9.10. The van der Waals surface area contributed by atoms with Crippen molar-refractivity contribution in [1.29, 1.82) is 0 Å². The normalized spacial score (nSPS) is 13.7. The fraction of sp³-hybridized carbons (Fsp3) is 0.417. The molecule has 104 valence electrons. The lowest BCUT2D eigenvalue weighted by Gasteiger charge is -2.18. The van der Waals surface area contributed by atoms with E-state index in [-0.39, 0.29) is 17.5 Å². The zero-order valence-electron chi connectivity index (χ0n) is 10.7. The molecule has 6 nitrogen and oxygen atoms in total. The van der Waals surface area contributed by atoms with Crippen molar-refractivity contribution in [2.75, 3.05) is 5.32 Å². The highest BCUT2D eigenvalue weighted by atomic mass is 79.9. The summed E-state index contributed by atoms with van der Waals surface area (Å²) in [6.45, 7) is 3.83. The van der Waals surface area contributed by atoms with Gasteiger partial charge in [0.25, 0.3) is 5.69 Å². The second-order valence-electron chi connectivity index (χ2n) is 4.32. The Bertz CT molecular complexity index is 493. The van der Waals surface area contributed by atoms with Gasteiger partial charge in [0.2, 0.25) is 5.91 Å². The standard InChI is InChI=1S/C12H16BrN3O3/c1-3-7(2)11(14)12(17)15-10-6-8(16(18)19)4-5-9(10)13/h4-7,11H,3,14H2,1-2H3,(H,15,17). The highest BCUT2D eigenvalue weighted by Gasteiger charge is 2.21. The maximum atomic E-state index is 11.9. The molecule has 0 heterocycles. The van der Waals surface area contributed by atoms with E-state index in [0.717, 1.165) is 6.42 Å². The smallest absolute Gasteiger partial charge is 0.271 e. The Hall–Kier alpha value is -1.47. The van der Waals surface area contributed by atoms with Gasteiger partial charge in [-0.1, -0.05) is 20.3 Å². The Morgan fingerprint density at radius 1 is 1.58 bits per heavy atom. The summed E-state index contributed by atoms with van der Waals surface area (Å²) >= 11 is 3.23. The minimum absolute atomic E-state index is 0.0393. The first kappa shape index (κ1) is 15.6. The highest BCUT2D eigenvalue weighted by Crippen LogP contribution is 2.27. The van der Waals surface area contributed by atoms with E-state index in [9.17, 15) is 14.9 Å². The number of nitrogens with zero attached hydrogens (tertiary/aromatic N) is 1. The number of nitro groups is 1. The van der Waals surface area contributed by atoms with Crippen molar-refractivity contribution in [3.8, 4) is 0 Å². The van der Waals surface area contributed by atoms with Gasteiger partial charge in [0.15, 0.2) is 0 Å². The van der Waals surface area contributed by atoms with Crippen molar-refractivity contribution in [1.82, 2.24) is 0 Å². The quantitative estimate of drug-likeness (QED) is 0.640. The summed E-state index contributed by atoms with van der Waals surface area (Å²) in [4.78, 5) is 22.1. The van der Waals surface area contributed by atoms with Crippen molar-refractivity contribution in [2.24, 2.45) is 11.7 Å². The van der Waals surface area contributed by atoms with Gasteiger partial charge in [-0.15, -0.1) is 0 Å². The molecular formula is C12H16BrN3O3. The average Bonchev–Trinajstić information content (AvgIpc) is 2.38. The molecule has 0 aliphatic carbocycles. The molecule has 0 bridgehead atoms. The Morgan fingerprint density at radius 3 is 2.74 bits per heavy atom. The van der Waals surface area contributed by atoms with E-state index >= 15 is 0 Å². The number of hydrogen-bond acceptors (Lipinski definition) is 4. The van der Waals surface area contributed by atoms with Gasteiger partial charge >= 0.3 is 0 Å². The van der Waals surface area contributed by atoms with Crippen LogP contribution in [0.2, 0.25) is 0 Å². The molecule has 1 rings (SSSR count). The SMILES string of the molecule is CCC(C)C(N)C(=O)Nc1cc([N+](=O)[O-])ccc1Br. The number of nitrogens with two attached hydrogens (primary N) is 1. The van der Waals surface area contributed by atoms with E-state index < -0.39 is 11.0 Å². The number of non-ortho nitro benzene ring substituents is 1. The maximum Gasteiger partial charge on any atom is 0.271 e. The molecule has 1 amide bonds. The number of nitrogens with one attached hydrogen (secondary N) is 1. The number of halogens is 1. The Balaban J connectivity index is 2.90. The second kappa shape index (κ2) is 6.63. The Labute approximate surface area is 119 Å². The molecule has 1 aromatic carbocycles. The fourth-order valence-corrected chi connectivity index (χ4v) is 1.80. The summed E-state index contributed by atoms with van der Waals surface area (Å²) in [6, 6.07) is 3.53. The van der Waals surface area contributed by atoms with Crippen LogP contribution in [0.15, 0.2) is 22.7 Å². The number of anilines is 1. The summed E-state index contributed by atoms with van der Waals surface area (Å²) in [5.74, 6) is -0.312. The summed E-state index contributed by atoms with van der Waals surface area (Å²) in [5.41, 5.74) is 6.06. The maximum absolute atomic E-state index is 11.9. The minimum atomic E-state index is -0.642. The van der Waals surface area contributed by atoms with E-state index in [1.807, 2.05) is 13.8 Å². The summed E-state index contributed by atoms with van der Waals surface area (Å²) < 4.78 is 0.572. The van der Waals surface area contributed by atoms with Crippen LogP contribution in [-0.4, -0.2) is 16.9 Å². The molecule has 2 atom stereocenters. The second-order valence-corrected chi connectivity index (χ2v) is 5.18. The van der Waals surface area contributed by atoms with Gasteiger partial charge in [0.05, 0.1) is 16.7 Å². The molecule has 19 heavy (non-hydrogen) atoms. The number of amides is 1. The molecule has 0 aromatic heterocycles. The van der Waals surface area contributed by atoms with Crippen molar-refractivity contribution in [2.45, 2.75) is 26.3 Å². The average molecular weight is 330 g/mol. The molecule has 3 N–H and O–H groups in total. The molecule has 0 aliphatic rings. The number of nitro benzene ring substituents is 1. The van der Waals surface area contributed by atoms with Crippen molar-refractivity contribution < 1.29 is 9.72 Å². The van der Waals surface area contributed by atoms with Crippen LogP contribution in [0.3, 0.4) is 0 Å². The molecule has 1 aromatic rings. The molecular weight excluding hydrogens is 314 g/mol. The third-order valence-corrected chi connectivity index (χ3v) is 3.67. The lowest BCUT2D eigenvalue weighted by molar-refractivity contribution is -0.384. The topological polar surface area (TPSA) is 98.3 Å². The minimum Gasteiger partial charge on any atom is -0.323 e. The first-order valence-electron chi connectivity index (χ1n) is 5.87. The monoisotopic (exact) mass is 329 g/mol. The Kier molecular flexibility index (Phi) is 5.44. The van der Waals surface area contributed by atoms with Gasteiger partial charge in [-0.3, -0.25) is 14.9 Å². The molecule has 0 fully saturated rings. The fourth-order valence-electron chi connectivity index (χ4n) is 1.45. The largest absolute Gasteiger partial charge is 0.323 e. The van der Waals surface area contributed by atoms with Gasteiger partial charge in [-0.2, -0.15) is 0 Å². The first-order valence-corrected chi connectivity index (χ1v) is 6.66. The molecule has 0 radical (unpaired) electrons. The first-order chi connectivity index (χ1) is 8.86. The molecule has 0 saturated carbocycles. The van der Waals surface area contributed by atoms with E-state index in [1.54, 1.807) is 0 Å². The number of hydrogen-bond donors (Lipinski definition) is 2. The van der Waals surface area contributed by atoms with Crippen LogP contribution in [-0.2, 0) is 4.79 Å². The van der Waals surface area contributed by atoms with Crippen LogP contribution in [0.4, 0.5) is 11.4 Å². The van der Waals surface area contributed by atoms with Crippen molar-refractivity contribution in [3.05, 3.63) is 32.8 Å². The van der Waals surface area contributed by atoms with Crippen LogP contribution < -0.4 is 11.1 Å². The van der Waals surface area contributed by atoms with Crippen LogP contribution >= 0.6 is 15.9 Å². The third-order valence-electron chi connectivity index (χ3n) is 2.98. The summed E-state index contributed by atoms with van der Waals surface area (Å²) in [6.07, 6.45) is 0.782. The molecule has 0 aliphatic heterocycles. The van der Waals surface area contributed by atoms with Crippen LogP contribution in [0, 0.1) is 16.0 Å². The van der Waals surface area contributed by atoms with Crippen molar-refractivity contribution in [3.63, 3.8) is 0 Å². The molecule has 0 spiro atoms. The van der Waals surface area contributed by atoms with E-state index in [0.29, 0.717) is 10.2 Å². The zero-order chi connectivity index (χ0) is 14.6. The van der Waals surface area contributed by atoms with Gasteiger partial charge in [-0.05, 0) is 27.9 Å². The van der Waals surface area contributed by atoms with Crippen LogP contribution in [0.25, 0.3) is 0 Å². The lowest BCUT2D eigenvalue weighted by atomic mass is 9.99. The molecule has 2 unspecified atom stereocenters. The summed E-state index contributed by atoms with van der Waals surface area (Å²) in [7, 11) is 0. The van der Waals surface area contributed by atoms with Gasteiger partial charge in [0, 0.05) is 16.6 Å². The predicted octanol–water partition coefficient (Wildman–Crippen LogP) is 2.67. The van der Waals surface area contributed by atoms with Gasteiger partial charge in [0.1, 0.15) is 0 Å². The van der Waals surface area contributed by atoms with E-state index in [1.165, 1.54) is 18.2 Å². The van der Waals surface area contributed by atoms with Crippen molar-refractivity contribution >= 4 is 33.2 Å². The van der Waals surface area contributed by atoms with E-state index in [4.69, 9.17) is 5.73 Å². The molecule has 0 saturated heterocycles.